The summed E-state index contributed by atoms with van der Waals surface area (Å²) in [5.74, 6) is 1.05. The summed E-state index contributed by atoms with van der Waals surface area (Å²) < 4.78 is 6.90. The van der Waals surface area contributed by atoms with Crippen LogP contribution in [0.5, 0.6) is 0 Å². The summed E-state index contributed by atoms with van der Waals surface area (Å²) in [6, 6.07) is 9.83. The molecule has 1 aromatic carbocycles. The zero-order valence-corrected chi connectivity index (χ0v) is 14.7. The number of para-hydroxylation sites is 1. The number of nitrogens with zero attached hydrogens (tertiary/aromatic N) is 4. The van der Waals surface area contributed by atoms with Crippen LogP contribution in [-0.4, -0.2) is 25.8 Å². The number of aromatic nitrogens is 4. The molecule has 1 saturated carbocycles. The molecular weight excluding hydrogens is 330 g/mol. The topological polar surface area (TPSA) is 85.8 Å². The van der Waals surface area contributed by atoms with E-state index in [2.05, 4.69) is 20.6 Å². The van der Waals surface area contributed by atoms with Crippen molar-refractivity contribution in [2.45, 2.75) is 44.6 Å². The molecule has 1 aliphatic rings. The van der Waals surface area contributed by atoms with Gasteiger partial charge in [0.25, 0.3) is 0 Å². The molecule has 7 nitrogen and oxygen atoms in total. The first-order valence-corrected chi connectivity index (χ1v) is 8.85. The number of carbonyl (C=O) groups excluding carboxylic acids is 1. The Morgan fingerprint density at radius 1 is 1.27 bits per heavy atom. The molecule has 1 aliphatic carbocycles. The highest BCUT2D eigenvalue weighted by Crippen LogP contribution is 2.37. The highest BCUT2D eigenvalue weighted by atomic mass is 16.5. The summed E-state index contributed by atoms with van der Waals surface area (Å²) in [4.78, 5) is 17.0. The molecule has 0 aliphatic heterocycles. The Morgan fingerprint density at radius 2 is 2.04 bits per heavy atom. The average Bonchev–Trinajstić information content (AvgIpc) is 3.37. The Kier molecular flexibility index (Phi) is 4.28. The van der Waals surface area contributed by atoms with E-state index in [0.29, 0.717) is 11.7 Å². The Labute approximate surface area is 151 Å². The van der Waals surface area contributed by atoms with E-state index in [0.717, 1.165) is 36.9 Å². The van der Waals surface area contributed by atoms with Crippen LogP contribution in [0.4, 0.5) is 0 Å². The van der Waals surface area contributed by atoms with Crippen molar-refractivity contribution in [3.63, 3.8) is 0 Å². The van der Waals surface area contributed by atoms with Gasteiger partial charge in [-0.25, -0.2) is 4.68 Å². The molecule has 3 aromatic rings. The highest BCUT2D eigenvalue weighted by Gasteiger charge is 2.41. The fourth-order valence-electron chi connectivity index (χ4n) is 3.55. The first-order valence-electron chi connectivity index (χ1n) is 8.85. The molecule has 134 valence electrons. The van der Waals surface area contributed by atoms with Gasteiger partial charge in [0.15, 0.2) is 5.82 Å². The summed E-state index contributed by atoms with van der Waals surface area (Å²) in [5, 5.41) is 11.6. The van der Waals surface area contributed by atoms with Crippen LogP contribution in [0, 0.1) is 6.92 Å². The molecule has 0 radical (unpaired) electrons. The normalized spacial score (nSPS) is 15.9. The van der Waals surface area contributed by atoms with Crippen molar-refractivity contribution >= 4 is 5.91 Å². The van der Waals surface area contributed by atoms with E-state index in [9.17, 15) is 4.79 Å². The van der Waals surface area contributed by atoms with Crippen molar-refractivity contribution in [2.24, 2.45) is 0 Å². The molecule has 0 unspecified atom stereocenters. The van der Waals surface area contributed by atoms with Crippen molar-refractivity contribution in [3.05, 3.63) is 60.0 Å². The SMILES string of the molecule is Cc1nc(C2(NC(=O)Cc3cnn(-c4ccccc4)c3)CCCC2)no1. The summed E-state index contributed by atoms with van der Waals surface area (Å²) in [7, 11) is 0. The number of rotatable bonds is 5. The third-order valence-corrected chi connectivity index (χ3v) is 4.81. The quantitative estimate of drug-likeness (QED) is 0.764. The van der Waals surface area contributed by atoms with E-state index in [1.54, 1.807) is 17.8 Å². The van der Waals surface area contributed by atoms with Gasteiger partial charge >= 0.3 is 0 Å². The van der Waals surface area contributed by atoms with E-state index < -0.39 is 5.54 Å². The Morgan fingerprint density at radius 3 is 2.73 bits per heavy atom. The minimum Gasteiger partial charge on any atom is -0.343 e. The molecule has 0 bridgehead atoms. The van der Waals surface area contributed by atoms with Gasteiger partial charge in [0.2, 0.25) is 11.8 Å². The second-order valence-corrected chi connectivity index (χ2v) is 6.78. The van der Waals surface area contributed by atoms with E-state index >= 15 is 0 Å². The molecular formula is C19H21N5O2. The van der Waals surface area contributed by atoms with Gasteiger partial charge < -0.3 is 9.84 Å². The monoisotopic (exact) mass is 351 g/mol. The molecule has 1 fully saturated rings. The molecule has 0 saturated heterocycles. The van der Waals surface area contributed by atoms with Gasteiger partial charge in [-0.05, 0) is 30.5 Å². The van der Waals surface area contributed by atoms with Crippen molar-refractivity contribution in [1.29, 1.82) is 0 Å². The maximum Gasteiger partial charge on any atom is 0.225 e. The number of nitrogens with one attached hydrogen (secondary N) is 1. The minimum absolute atomic E-state index is 0.0537. The minimum atomic E-state index is -0.510. The number of hydrogen-bond donors (Lipinski definition) is 1. The fraction of sp³-hybridized carbons (Fsp3) is 0.368. The van der Waals surface area contributed by atoms with Crippen LogP contribution in [-0.2, 0) is 16.8 Å². The molecule has 7 heteroatoms. The van der Waals surface area contributed by atoms with Crippen LogP contribution in [0.25, 0.3) is 5.69 Å². The number of amides is 1. The number of benzene rings is 1. The van der Waals surface area contributed by atoms with Gasteiger partial charge in [-0.2, -0.15) is 10.1 Å². The molecule has 2 heterocycles. The van der Waals surface area contributed by atoms with Gasteiger partial charge in [-0.15, -0.1) is 0 Å². The lowest BCUT2D eigenvalue weighted by atomic mass is 9.96. The first-order chi connectivity index (χ1) is 12.6. The lowest BCUT2D eigenvalue weighted by molar-refractivity contribution is -0.122. The largest absolute Gasteiger partial charge is 0.343 e. The number of hydrogen-bond acceptors (Lipinski definition) is 5. The van der Waals surface area contributed by atoms with E-state index in [1.165, 1.54) is 0 Å². The Hall–Kier alpha value is -2.96. The maximum absolute atomic E-state index is 12.7. The molecule has 4 rings (SSSR count). The predicted octanol–water partition coefficient (Wildman–Crippen LogP) is 2.69. The van der Waals surface area contributed by atoms with Gasteiger partial charge in [0.1, 0.15) is 5.54 Å². The standard InChI is InChI=1S/C19H21N5O2/c1-14-21-18(23-26-14)19(9-5-6-10-19)22-17(25)11-15-12-20-24(13-15)16-7-3-2-4-8-16/h2-4,7-8,12-13H,5-6,9-11H2,1H3,(H,22,25). The summed E-state index contributed by atoms with van der Waals surface area (Å²) in [5.41, 5.74) is 1.32. The van der Waals surface area contributed by atoms with E-state index in [4.69, 9.17) is 4.52 Å². The van der Waals surface area contributed by atoms with Crippen molar-refractivity contribution < 1.29 is 9.32 Å². The van der Waals surface area contributed by atoms with Crippen LogP contribution in [0.1, 0.15) is 43.0 Å². The third kappa shape index (κ3) is 3.24. The zero-order chi connectivity index (χ0) is 18.0. The lowest BCUT2D eigenvalue weighted by Gasteiger charge is -2.26. The Bertz CT molecular complexity index is 894. The summed E-state index contributed by atoms with van der Waals surface area (Å²) in [6.07, 6.45) is 7.63. The van der Waals surface area contributed by atoms with Crippen molar-refractivity contribution in [2.75, 3.05) is 0 Å². The summed E-state index contributed by atoms with van der Waals surface area (Å²) in [6.45, 7) is 1.76. The van der Waals surface area contributed by atoms with Gasteiger partial charge in [-0.3, -0.25) is 4.79 Å². The summed E-state index contributed by atoms with van der Waals surface area (Å²) >= 11 is 0. The molecule has 2 aromatic heterocycles. The second-order valence-electron chi connectivity index (χ2n) is 6.78. The molecule has 1 amide bonds. The third-order valence-electron chi connectivity index (χ3n) is 4.81. The van der Waals surface area contributed by atoms with Crippen LogP contribution >= 0.6 is 0 Å². The Balaban J connectivity index is 1.47. The second kappa shape index (κ2) is 6.74. The van der Waals surface area contributed by atoms with Gasteiger partial charge in [0.05, 0.1) is 18.3 Å². The molecule has 0 atom stereocenters. The zero-order valence-electron chi connectivity index (χ0n) is 14.7. The van der Waals surface area contributed by atoms with Crippen LogP contribution in [0.2, 0.25) is 0 Å². The molecule has 1 N–H and O–H groups in total. The van der Waals surface area contributed by atoms with Crippen molar-refractivity contribution in [3.8, 4) is 5.69 Å². The molecule has 0 spiro atoms. The smallest absolute Gasteiger partial charge is 0.225 e. The van der Waals surface area contributed by atoms with Gasteiger partial charge in [-0.1, -0.05) is 36.2 Å². The number of carbonyl (C=O) groups is 1. The average molecular weight is 351 g/mol. The maximum atomic E-state index is 12.7. The fourth-order valence-corrected chi connectivity index (χ4v) is 3.55. The highest BCUT2D eigenvalue weighted by molar-refractivity contribution is 5.79. The van der Waals surface area contributed by atoms with E-state index in [-0.39, 0.29) is 12.3 Å². The van der Waals surface area contributed by atoms with Crippen LogP contribution in [0.15, 0.2) is 47.2 Å². The molecule has 26 heavy (non-hydrogen) atoms. The predicted molar refractivity (Wildman–Crippen MR) is 94.6 cm³/mol. The van der Waals surface area contributed by atoms with Crippen LogP contribution < -0.4 is 5.32 Å². The number of aryl methyl sites for hydroxylation is 1. The van der Waals surface area contributed by atoms with Gasteiger partial charge in [0, 0.05) is 13.1 Å². The van der Waals surface area contributed by atoms with Crippen molar-refractivity contribution in [1.82, 2.24) is 25.2 Å². The van der Waals surface area contributed by atoms with Crippen LogP contribution in [0.3, 0.4) is 0 Å². The van der Waals surface area contributed by atoms with E-state index in [1.807, 2.05) is 36.5 Å². The first kappa shape index (κ1) is 16.5. The lowest BCUT2D eigenvalue weighted by Crippen LogP contribution is -2.45.